The summed E-state index contributed by atoms with van der Waals surface area (Å²) >= 11 is 0. The number of rotatable bonds is 4. The van der Waals surface area contributed by atoms with E-state index in [2.05, 4.69) is 5.10 Å². The van der Waals surface area contributed by atoms with Gasteiger partial charge in [0, 0.05) is 12.2 Å². The molecule has 122 valence electrons. The normalized spacial score (nSPS) is 17.5. The van der Waals surface area contributed by atoms with Gasteiger partial charge in [-0.2, -0.15) is 5.10 Å². The predicted molar refractivity (Wildman–Crippen MR) is 84.0 cm³/mol. The molecule has 1 aliphatic rings. The largest absolute Gasteiger partial charge is 0.481 e. The van der Waals surface area contributed by atoms with Crippen LogP contribution in [0.4, 0.5) is 5.69 Å². The van der Waals surface area contributed by atoms with Crippen molar-refractivity contribution in [1.29, 1.82) is 0 Å². The van der Waals surface area contributed by atoms with E-state index in [1.165, 1.54) is 12.4 Å². The molecule has 1 N–H and O–H groups in total. The monoisotopic (exact) mass is 335 g/mol. The van der Waals surface area contributed by atoms with Crippen LogP contribution >= 0.6 is 0 Å². The Bertz CT molecular complexity index is 857. The molecule has 1 aromatic carbocycles. The summed E-state index contributed by atoms with van der Waals surface area (Å²) in [4.78, 5) is 11.5. The van der Waals surface area contributed by atoms with Gasteiger partial charge in [0.1, 0.15) is 10.8 Å². The van der Waals surface area contributed by atoms with Crippen LogP contribution in [0.2, 0.25) is 0 Å². The Balaban J connectivity index is 2.05. The van der Waals surface area contributed by atoms with Crippen LogP contribution in [-0.4, -0.2) is 35.8 Å². The van der Waals surface area contributed by atoms with Gasteiger partial charge >= 0.3 is 5.97 Å². The Morgan fingerprint density at radius 2 is 2.04 bits per heavy atom. The standard InChI is InChI=1S/C15H17N3O4S/c1-10(2)17-8-11(7-16-17)23(21,22)18-9-13(15(19)20)12-5-3-4-6-14(12)18/h3-8,10,13H,9H2,1-2H3,(H,19,20)/t13-/m0/s1. The first-order chi connectivity index (χ1) is 10.8. The zero-order valence-corrected chi connectivity index (χ0v) is 13.6. The Kier molecular flexibility index (Phi) is 3.63. The molecule has 0 spiro atoms. The maximum absolute atomic E-state index is 12.9. The van der Waals surface area contributed by atoms with Gasteiger partial charge in [0.05, 0.1) is 18.4 Å². The number of hydrogen-bond donors (Lipinski definition) is 1. The van der Waals surface area contributed by atoms with Crippen LogP contribution in [0.25, 0.3) is 0 Å². The number of para-hydroxylation sites is 1. The average molecular weight is 335 g/mol. The number of fused-ring (bicyclic) bond motifs is 1. The van der Waals surface area contributed by atoms with Crippen molar-refractivity contribution in [2.75, 3.05) is 10.8 Å². The number of hydrogen-bond acceptors (Lipinski definition) is 4. The summed E-state index contributed by atoms with van der Waals surface area (Å²) in [7, 11) is -3.84. The van der Waals surface area contributed by atoms with Crippen molar-refractivity contribution < 1.29 is 18.3 Å². The van der Waals surface area contributed by atoms with E-state index in [1.807, 2.05) is 13.8 Å². The first-order valence-corrected chi connectivity index (χ1v) is 8.65. The molecule has 2 aromatic rings. The topological polar surface area (TPSA) is 92.5 Å². The molecule has 0 saturated carbocycles. The van der Waals surface area contributed by atoms with Crippen LogP contribution in [-0.2, 0) is 14.8 Å². The molecule has 1 atom stereocenters. The maximum Gasteiger partial charge on any atom is 0.312 e. The fraction of sp³-hybridized carbons (Fsp3) is 0.333. The molecule has 7 nitrogen and oxygen atoms in total. The van der Waals surface area contributed by atoms with Gasteiger partial charge in [0.15, 0.2) is 0 Å². The van der Waals surface area contributed by atoms with Crippen LogP contribution in [0.15, 0.2) is 41.6 Å². The zero-order valence-electron chi connectivity index (χ0n) is 12.7. The number of carboxylic acid groups (broad SMARTS) is 1. The highest BCUT2D eigenvalue weighted by molar-refractivity contribution is 7.92. The third kappa shape index (κ3) is 2.48. The zero-order chi connectivity index (χ0) is 16.8. The number of sulfonamides is 1. The molecule has 3 rings (SSSR count). The molecule has 1 aliphatic heterocycles. The minimum Gasteiger partial charge on any atom is -0.481 e. The van der Waals surface area contributed by atoms with Crippen LogP contribution in [0.1, 0.15) is 31.4 Å². The minimum atomic E-state index is -3.84. The lowest BCUT2D eigenvalue weighted by Crippen LogP contribution is -2.31. The van der Waals surface area contributed by atoms with Gasteiger partial charge < -0.3 is 5.11 Å². The third-order valence-electron chi connectivity index (χ3n) is 3.92. The van der Waals surface area contributed by atoms with Crippen molar-refractivity contribution in [3.8, 4) is 0 Å². The van der Waals surface area contributed by atoms with Gasteiger partial charge in [0.2, 0.25) is 0 Å². The summed E-state index contributed by atoms with van der Waals surface area (Å²) in [5.74, 6) is -1.89. The molecule has 0 aliphatic carbocycles. The number of carbonyl (C=O) groups is 1. The lowest BCUT2D eigenvalue weighted by atomic mass is 10.0. The van der Waals surface area contributed by atoms with Gasteiger partial charge in [-0.1, -0.05) is 18.2 Å². The van der Waals surface area contributed by atoms with Gasteiger partial charge in [-0.05, 0) is 25.5 Å². The Morgan fingerprint density at radius 3 is 2.65 bits per heavy atom. The smallest absolute Gasteiger partial charge is 0.312 e. The Morgan fingerprint density at radius 1 is 1.35 bits per heavy atom. The predicted octanol–water partition coefficient (Wildman–Crippen LogP) is 1.84. The number of aromatic nitrogens is 2. The summed E-state index contributed by atoms with van der Waals surface area (Å²) in [6.07, 6.45) is 2.77. The van der Waals surface area contributed by atoms with Crippen molar-refractivity contribution in [3.63, 3.8) is 0 Å². The average Bonchev–Trinajstić information content (AvgIpc) is 3.13. The van der Waals surface area contributed by atoms with E-state index < -0.39 is 21.9 Å². The van der Waals surface area contributed by atoms with E-state index in [-0.39, 0.29) is 17.5 Å². The molecule has 23 heavy (non-hydrogen) atoms. The van der Waals surface area contributed by atoms with Crippen LogP contribution in [0, 0.1) is 0 Å². The summed E-state index contributed by atoms with van der Waals surface area (Å²) in [5, 5.41) is 13.4. The highest BCUT2D eigenvalue weighted by atomic mass is 32.2. The highest BCUT2D eigenvalue weighted by Gasteiger charge is 2.40. The van der Waals surface area contributed by atoms with Crippen molar-refractivity contribution in [2.24, 2.45) is 0 Å². The van der Waals surface area contributed by atoms with E-state index in [1.54, 1.807) is 28.9 Å². The molecule has 0 amide bonds. The van der Waals surface area contributed by atoms with Crippen LogP contribution in [0.5, 0.6) is 0 Å². The molecule has 0 saturated heterocycles. The summed E-state index contributed by atoms with van der Waals surface area (Å²) in [6.45, 7) is 3.69. The molecular formula is C15H17N3O4S. The van der Waals surface area contributed by atoms with Crippen molar-refractivity contribution in [3.05, 3.63) is 42.2 Å². The van der Waals surface area contributed by atoms with Gasteiger partial charge in [-0.3, -0.25) is 13.8 Å². The first-order valence-electron chi connectivity index (χ1n) is 7.21. The molecule has 8 heteroatoms. The number of carboxylic acids is 1. The molecule has 1 aromatic heterocycles. The Labute approximate surface area is 134 Å². The first kappa shape index (κ1) is 15.5. The SMILES string of the molecule is CC(C)n1cc(S(=O)(=O)N2C[C@H](C(=O)O)c3ccccc32)cn1. The highest BCUT2D eigenvalue weighted by Crippen LogP contribution is 2.39. The number of anilines is 1. The van der Waals surface area contributed by atoms with Gasteiger partial charge in [0.25, 0.3) is 10.0 Å². The second-order valence-electron chi connectivity index (χ2n) is 5.74. The fourth-order valence-electron chi connectivity index (χ4n) is 2.67. The molecule has 0 bridgehead atoms. The number of benzene rings is 1. The fourth-order valence-corrected chi connectivity index (χ4v) is 4.12. The minimum absolute atomic E-state index is 0.0385. The van der Waals surface area contributed by atoms with Gasteiger partial charge in [-0.25, -0.2) is 8.42 Å². The van der Waals surface area contributed by atoms with Gasteiger partial charge in [-0.15, -0.1) is 0 Å². The molecule has 0 unspecified atom stereocenters. The molecule has 0 radical (unpaired) electrons. The maximum atomic E-state index is 12.9. The third-order valence-corrected chi connectivity index (χ3v) is 5.65. The second kappa shape index (κ2) is 5.38. The summed E-state index contributed by atoms with van der Waals surface area (Å²) in [6, 6.07) is 6.73. The molecule has 2 heterocycles. The lowest BCUT2D eigenvalue weighted by molar-refractivity contribution is -0.138. The van der Waals surface area contributed by atoms with E-state index in [0.717, 1.165) is 4.31 Å². The van der Waals surface area contributed by atoms with Crippen LogP contribution in [0.3, 0.4) is 0 Å². The van der Waals surface area contributed by atoms with Crippen molar-refractivity contribution in [2.45, 2.75) is 30.7 Å². The van der Waals surface area contributed by atoms with Crippen molar-refractivity contribution >= 4 is 21.7 Å². The number of aliphatic carboxylic acids is 1. The van der Waals surface area contributed by atoms with Crippen molar-refractivity contribution in [1.82, 2.24) is 9.78 Å². The van der Waals surface area contributed by atoms with Crippen LogP contribution < -0.4 is 4.31 Å². The number of nitrogens with zero attached hydrogens (tertiary/aromatic N) is 3. The van der Waals surface area contributed by atoms with E-state index >= 15 is 0 Å². The molecular weight excluding hydrogens is 318 g/mol. The molecule has 0 fully saturated rings. The second-order valence-corrected chi connectivity index (χ2v) is 7.60. The lowest BCUT2D eigenvalue weighted by Gasteiger charge is -2.18. The van der Waals surface area contributed by atoms with E-state index in [9.17, 15) is 18.3 Å². The quantitative estimate of drug-likeness (QED) is 0.920. The Hall–Kier alpha value is -2.35. The van der Waals surface area contributed by atoms with E-state index in [4.69, 9.17) is 0 Å². The van der Waals surface area contributed by atoms with E-state index in [0.29, 0.717) is 11.3 Å². The summed E-state index contributed by atoms with van der Waals surface area (Å²) < 4.78 is 28.5. The summed E-state index contributed by atoms with van der Waals surface area (Å²) in [5.41, 5.74) is 0.928.